The molecule has 5 aliphatic heterocycles. The van der Waals surface area contributed by atoms with Gasteiger partial charge in [0.25, 0.3) is 0 Å². The van der Waals surface area contributed by atoms with Gasteiger partial charge in [-0.15, -0.1) is 0 Å². The highest BCUT2D eigenvalue weighted by atomic mass is 32.2. The Bertz CT molecular complexity index is 5240. The van der Waals surface area contributed by atoms with E-state index in [0.29, 0.717) is 49.0 Å². The summed E-state index contributed by atoms with van der Waals surface area (Å²) in [5.74, 6) is 0. The minimum Gasteiger partial charge on any atom is -0.218 e. The van der Waals surface area contributed by atoms with Crippen LogP contribution in [-0.2, 0) is 81.3 Å². The van der Waals surface area contributed by atoms with E-state index in [2.05, 4.69) is 20.8 Å². The van der Waals surface area contributed by atoms with Crippen molar-refractivity contribution >= 4 is 49.2 Å². The number of benzene rings is 10. The lowest BCUT2D eigenvalue weighted by Crippen LogP contribution is -1.99. The lowest BCUT2D eigenvalue weighted by atomic mass is 9.96. The third-order valence-electron chi connectivity index (χ3n) is 17.4. The Labute approximate surface area is 531 Å². The van der Waals surface area contributed by atoms with E-state index < -0.39 is 49.2 Å². The maximum absolute atomic E-state index is 12.6. The molecule has 0 saturated heterocycles. The maximum atomic E-state index is 12.6. The Morgan fingerprint density at radius 2 is 0.611 bits per heavy atom. The predicted octanol–water partition coefficient (Wildman–Crippen LogP) is 16.9. The van der Waals surface area contributed by atoms with Crippen LogP contribution in [0.3, 0.4) is 0 Å². The van der Waals surface area contributed by atoms with Gasteiger partial charge < -0.3 is 0 Å². The highest BCUT2D eigenvalue weighted by Gasteiger charge is 2.38. The van der Waals surface area contributed by atoms with Crippen LogP contribution in [0.2, 0.25) is 0 Å². The smallest absolute Gasteiger partial charge is 0.208 e. The van der Waals surface area contributed by atoms with E-state index in [0.717, 1.165) is 132 Å². The lowest BCUT2D eigenvalue weighted by molar-refractivity contribution is 0.596. The molecule has 0 atom stereocenters. The van der Waals surface area contributed by atoms with Gasteiger partial charge in [0.15, 0.2) is 0 Å². The number of sulfone groups is 5. The molecule has 0 fully saturated rings. The molecular formula is C75H70O10S5. The molecule has 0 bridgehead atoms. The summed E-state index contributed by atoms with van der Waals surface area (Å²) in [7, 11) is -16.6. The molecule has 0 spiro atoms. The fourth-order valence-electron chi connectivity index (χ4n) is 12.6. The number of hydrogen-bond acceptors (Lipinski definition) is 10. The highest BCUT2D eigenvalue weighted by molar-refractivity contribution is 7.93. The Morgan fingerprint density at radius 3 is 1.17 bits per heavy atom. The average molecular weight is 1290 g/mol. The van der Waals surface area contributed by atoms with Crippen LogP contribution in [0.5, 0.6) is 0 Å². The van der Waals surface area contributed by atoms with Crippen LogP contribution in [0, 0.1) is 34.6 Å². The molecule has 10 aromatic carbocycles. The van der Waals surface area contributed by atoms with Crippen LogP contribution >= 0.6 is 0 Å². The molecule has 0 N–H and O–H groups in total. The third kappa shape index (κ3) is 10.8. The minimum atomic E-state index is -3.33. The van der Waals surface area contributed by atoms with Crippen molar-refractivity contribution in [2.45, 2.75) is 150 Å². The van der Waals surface area contributed by atoms with Crippen molar-refractivity contribution in [3.63, 3.8) is 0 Å². The van der Waals surface area contributed by atoms with E-state index in [-0.39, 0.29) is 0 Å². The van der Waals surface area contributed by atoms with E-state index in [1.165, 1.54) is 11.1 Å². The normalized spacial score (nSPS) is 15.2. The largest absolute Gasteiger partial charge is 0.218 e. The zero-order valence-corrected chi connectivity index (χ0v) is 56.1. The topological polar surface area (TPSA) is 171 Å². The summed E-state index contributed by atoms with van der Waals surface area (Å²) in [6.45, 7) is 19.9. The Morgan fingerprint density at radius 1 is 0.244 bits per heavy atom. The maximum Gasteiger partial charge on any atom is 0.208 e. The molecule has 10 nitrogen and oxygen atoms in total. The molecule has 15 heteroatoms. The van der Waals surface area contributed by atoms with Crippen molar-refractivity contribution in [3.05, 3.63) is 238 Å². The van der Waals surface area contributed by atoms with Crippen molar-refractivity contribution in [3.8, 4) is 55.6 Å². The predicted molar refractivity (Wildman–Crippen MR) is 357 cm³/mol. The molecular weight excluding hydrogens is 1220 g/mol. The number of rotatable bonds is 5. The first-order valence-electron chi connectivity index (χ1n) is 30.2. The van der Waals surface area contributed by atoms with Crippen LogP contribution in [0.25, 0.3) is 55.6 Å². The molecule has 0 aromatic heterocycles. The SMILES string of the molecule is CCc1cc(C)c2c(c1)-c1ccccc1S2(=O)=O.CCc1ccc(C)c2c1-c1ccccc1S2(=O)=O.CCc1ccc2c(c1)-c1cc(C)ccc1S2(=O)=O.CCc1ccc2c(c1)S(=O)(=O)c1cc(C)ccc1-2.CCc1ccc2c(c1)S(=O)(=O)c1ccc(C)cc1-2. The Hall–Kier alpha value is -8.05. The lowest BCUT2D eigenvalue weighted by Gasteiger charge is -2.08. The summed E-state index contributed by atoms with van der Waals surface area (Å²) in [4.78, 5) is 4.58. The highest BCUT2D eigenvalue weighted by Crippen LogP contribution is 2.49. The second-order valence-corrected chi connectivity index (χ2v) is 32.7. The quantitative estimate of drug-likeness (QED) is 0.162. The monoisotopic (exact) mass is 1290 g/mol. The zero-order valence-electron chi connectivity index (χ0n) is 52.0. The van der Waals surface area contributed by atoms with E-state index in [1.807, 2.05) is 170 Å². The van der Waals surface area contributed by atoms with E-state index in [1.54, 1.807) is 60.7 Å². The summed E-state index contributed by atoms with van der Waals surface area (Å²) < 4.78 is 125. The van der Waals surface area contributed by atoms with Gasteiger partial charge in [-0.1, -0.05) is 167 Å². The standard InChI is InChI=1S/5C15H14O2S/c1-3-11-5-6-12-13-8-10(2)4-7-14(13)18(16,17)15(12)9-11;1-3-11-5-7-15-13(9-11)12-8-10(2)4-6-14(12)18(15,16)17;1-3-11-5-7-13-12-6-4-10(2)8-14(12)18(16,17)15(13)9-11;1-3-11-8-10(2)15-13(9-11)12-6-4-5-7-14(12)18(15,16)17;1-3-11-9-8-10(2)15-14(11)12-6-4-5-7-13(12)18(15,16)17/h5*4-9H,3H2,1-2H3. The zero-order chi connectivity index (χ0) is 64.6. The van der Waals surface area contributed by atoms with E-state index in [9.17, 15) is 42.1 Å². The van der Waals surface area contributed by atoms with Gasteiger partial charge in [-0.2, -0.15) is 0 Å². The molecule has 5 aliphatic rings. The average Bonchev–Trinajstić information content (AvgIpc) is 1.62. The molecule has 10 aromatic rings. The Kier molecular flexibility index (Phi) is 16.9. The van der Waals surface area contributed by atoms with Crippen LogP contribution in [-0.4, -0.2) is 42.1 Å². The van der Waals surface area contributed by atoms with Crippen molar-refractivity contribution in [2.24, 2.45) is 0 Å². The van der Waals surface area contributed by atoms with Gasteiger partial charge in [-0.3, -0.25) is 0 Å². The first-order chi connectivity index (χ1) is 42.7. The van der Waals surface area contributed by atoms with Gasteiger partial charge in [-0.25, -0.2) is 42.1 Å². The number of hydrogen-bond donors (Lipinski definition) is 0. The second kappa shape index (κ2) is 24.0. The van der Waals surface area contributed by atoms with Gasteiger partial charge in [0.05, 0.1) is 49.0 Å². The minimum absolute atomic E-state index is 0.441. The number of fused-ring (bicyclic) bond motifs is 15. The molecule has 0 saturated carbocycles. The fourth-order valence-corrected chi connectivity index (χ4v) is 21.6. The molecule has 90 heavy (non-hydrogen) atoms. The van der Waals surface area contributed by atoms with Gasteiger partial charge in [-0.05, 0) is 172 Å². The summed E-state index contributed by atoms with van der Waals surface area (Å²) >= 11 is 0. The molecule has 5 heterocycles. The third-order valence-corrected chi connectivity index (χ3v) is 27.0. The van der Waals surface area contributed by atoms with Gasteiger partial charge in [0.1, 0.15) is 0 Å². The van der Waals surface area contributed by atoms with Gasteiger partial charge in [0.2, 0.25) is 49.2 Å². The van der Waals surface area contributed by atoms with Crippen molar-refractivity contribution in [2.75, 3.05) is 0 Å². The van der Waals surface area contributed by atoms with E-state index in [4.69, 9.17) is 0 Å². The van der Waals surface area contributed by atoms with Crippen molar-refractivity contribution < 1.29 is 42.1 Å². The fraction of sp³-hybridized carbons (Fsp3) is 0.200. The molecule has 0 aliphatic carbocycles. The first kappa shape index (κ1) is 63.5. The summed E-state index contributed by atoms with van der Waals surface area (Å²) in [6.07, 6.45) is 4.35. The van der Waals surface area contributed by atoms with Gasteiger partial charge >= 0.3 is 0 Å². The number of aryl methyl sites for hydroxylation is 10. The van der Waals surface area contributed by atoms with Crippen molar-refractivity contribution in [1.82, 2.24) is 0 Å². The summed E-state index contributed by atoms with van der Waals surface area (Å²) in [5.41, 5.74) is 18.9. The van der Waals surface area contributed by atoms with Crippen LogP contribution < -0.4 is 0 Å². The molecule has 0 radical (unpaired) electrons. The molecule has 15 rings (SSSR count). The van der Waals surface area contributed by atoms with Crippen molar-refractivity contribution in [1.29, 1.82) is 0 Å². The van der Waals surface area contributed by atoms with Gasteiger partial charge in [0, 0.05) is 55.6 Å². The molecule has 0 amide bonds. The van der Waals surface area contributed by atoms with E-state index >= 15 is 0 Å². The summed E-state index contributed by atoms with van der Waals surface area (Å²) in [5, 5.41) is 0. The molecule has 0 unspecified atom stereocenters. The Balaban J connectivity index is 0.000000116. The second-order valence-electron chi connectivity index (χ2n) is 23.3. The van der Waals surface area contributed by atoms with Crippen LogP contribution in [0.1, 0.15) is 90.3 Å². The first-order valence-corrected chi connectivity index (χ1v) is 37.6. The van der Waals surface area contributed by atoms with Crippen LogP contribution in [0.4, 0.5) is 0 Å². The summed E-state index contributed by atoms with van der Waals surface area (Å²) in [6, 6.07) is 56.2. The molecule has 460 valence electrons. The van der Waals surface area contributed by atoms with Crippen LogP contribution in [0.15, 0.2) is 231 Å².